The number of carbonyl (C=O) groups excluding carboxylic acids is 1. The van der Waals surface area contributed by atoms with Crippen LogP contribution in [0.2, 0.25) is 0 Å². The van der Waals surface area contributed by atoms with E-state index in [4.69, 9.17) is 0 Å². The Morgan fingerprint density at radius 3 is 2.88 bits per heavy atom. The number of amides is 1. The SMILES string of the molecule is O=C(Nc1cc(C2CCCCCC2)[nH]n1)C1NCc2ncncc21. The van der Waals surface area contributed by atoms with Gasteiger partial charge in [-0.25, -0.2) is 9.97 Å². The van der Waals surface area contributed by atoms with Gasteiger partial charge in [0.25, 0.3) is 0 Å². The number of hydrogen-bond acceptors (Lipinski definition) is 5. The third kappa shape index (κ3) is 3.03. The highest BCUT2D eigenvalue weighted by Gasteiger charge is 2.29. The second-order valence-corrected chi connectivity index (χ2v) is 6.62. The monoisotopic (exact) mass is 326 g/mol. The summed E-state index contributed by atoms with van der Waals surface area (Å²) in [5.41, 5.74) is 2.86. The predicted molar refractivity (Wildman–Crippen MR) is 89.3 cm³/mol. The third-order valence-electron chi connectivity index (χ3n) is 5.02. The molecule has 7 heteroatoms. The van der Waals surface area contributed by atoms with Gasteiger partial charge in [0.05, 0.1) is 5.69 Å². The highest BCUT2D eigenvalue weighted by atomic mass is 16.2. The van der Waals surface area contributed by atoms with E-state index in [-0.39, 0.29) is 5.91 Å². The standard InChI is InChI=1S/C17H22N6O/c24-17(16-12-8-18-10-20-14(12)9-19-16)21-15-7-13(22-23-15)11-5-3-1-2-4-6-11/h7-8,10-11,16,19H,1-6,9H2,(H2,21,22,23,24). The second-order valence-electron chi connectivity index (χ2n) is 6.62. The molecule has 1 aliphatic carbocycles. The summed E-state index contributed by atoms with van der Waals surface area (Å²) in [6.07, 6.45) is 10.8. The normalized spacial score (nSPS) is 21.2. The van der Waals surface area contributed by atoms with Gasteiger partial charge in [-0.15, -0.1) is 0 Å². The van der Waals surface area contributed by atoms with Crippen molar-refractivity contribution in [3.8, 4) is 0 Å². The van der Waals surface area contributed by atoms with Crippen molar-refractivity contribution >= 4 is 11.7 Å². The van der Waals surface area contributed by atoms with Crippen molar-refractivity contribution in [2.24, 2.45) is 0 Å². The van der Waals surface area contributed by atoms with E-state index >= 15 is 0 Å². The van der Waals surface area contributed by atoms with Gasteiger partial charge in [-0.05, 0) is 12.8 Å². The Hall–Kier alpha value is -2.28. The van der Waals surface area contributed by atoms with E-state index in [1.807, 2.05) is 6.07 Å². The molecule has 7 nitrogen and oxygen atoms in total. The van der Waals surface area contributed by atoms with Crippen LogP contribution >= 0.6 is 0 Å². The van der Waals surface area contributed by atoms with Crippen LogP contribution in [0, 0.1) is 0 Å². The van der Waals surface area contributed by atoms with E-state index in [9.17, 15) is 4.79 Å². The maximum absolute atomic E-state index is 12.5. The summed E-state index contributed by atoms with van der Waals surface area (Å²) in [6, 6.07) is 1.56. The zero-order valence-electron chi connectivity index (χ0n) is 13.6. The molecule has 0 spiro atoms. The van der Waals surface area contributed by atoms with E-state index in [2.05, 4.69) is 30.8 Å². The Kier molecular flexibility index (Phi) is 4.25. The number of carbonyl (C=O) groups is 1. The van der Waals surface area contributed by atoms with Gasteiger partial charge in [-0.1, -0.05) is 25.7 Å². The number of nitrogens with one attached hydrogen (secondary N) is 3. The van der Waals surface area contributed by atoms with Crippen LogP contribution in [0.15, 0.2) is 18.6 Å². The first-order valence-electron chi connectivity index (χ1n) is 8.69. The van der Waals surface area contributed by atoms with Gasteiger partial charge in [0.15, 0.2) is 5.82 Å². The number of aromatic amines is 1. The molecule has 1 saturated carbocycles. The van der Waals surface area contributed by atoms with E-state index < -0.39 is 6.04 Å². The smallest absolute Gasteiger partial charge is 0.247 e. The summed E-state index contributed by atoms with van der Waals surface area (Å²) in [6.45, 7) is 0.587. The predicted octanol–water partition coefficient (Wildman–Crippen LogP) is 2.42. The lowest BCUT2D eigenvalue weighted by atomic mass is 9.97. The topological polar surface area (TPSA) is 95.6 Å². The lowest BCUT2D eigenvalue weighted by Gasteiger charge is -2.11. The minimum Gasteiger partial charge on any atom is -0.308 e. The van der Waals surface area contributed by atoms with Crippen LogP contribution in [-0.2, 0) is 11.3 Å². The quantitative estimate of drug-likeness (QED) is 0.753. The van der Waals surface area contributed by atoms with E-state index in [1.165, 1.54) is 44.9 Å². The summed E-state index contributed by atoms with van der Waals surface area (Å²) in [7, 11) is 0. The molecule has 0 radical (unpaired) electrons. The summed E-state index contributed by atoms with van der Waals surface area (Å²) in [5.74, 6) is 0.998. The number of rotatable bonds is 3. The molecule has 1 atom stereocenters. The average Bonchev–Trinajstić information content (AvgIpc) is 3.14. The number of hydrogen-bond donors (Lipinski definition) is 3. The average molecular weight is 326 g/mol. The van der Waals surface area contributed by atoms with Crippen molar-refractivity contribution in [3.63, 3.8) is 0 Å². The molecule has 3 heterocycles. The van der Waals surface area contributed by atoms with E-state index in [0.717, 1.165) is 17.0 Å². The number of H-pyrrole nitrogens is 1. The van der Waals surface area contributed by atoms with Crippen LogP contribution in [0.3, 0.4) is 0 Å². The van der Waals surface area contributed by atoms with E-state index in [1.54, 1.807) is 6.20 Å². The van der Waals surface area contributed by atoms with Crippen molar-refractivity contribution in [2.45, 2.75) is 57.0 Å². The van der Waals surface area contributed by atoms with Gasteiger partial charge < -0.3 is 5.32 Å². The van der Waals surface area contributed by atoms with Crippen LogP contribution in [-0.4, -0.2) is 26.1 Å². The molecule has 2 aromatic rings. The van der Waals surface area contributed by atoms with Crippen molar-refractivity contribution in [1.29, 1.82) is 0 Å². The van der Waals surface area contributed by atoms with Crippen LogP contribution in [0.5, 0.6) is 0 Å². The van der Waals surface area contributed by atoms with Crippen LogP contribution in [0.1, 0.15) is 67.4 Å². The Labute approximate surface area is 140 Å². The summed E-state index contributed by atoms with van der Waals surface area (Å²) >= 11 is 0. The first kappa shape index (κ1) is 15.3. The zero-order valence-corrected chi connectivity index (χ0v) is 13.6. The molecule has 0 saturated heterocycles. The Morgan fingerprint density at radius 2 is 2.04 bits per heavy atom. The van der Waals surface area contributed by atoms with Crippen molar-refractivity contribution in [3.05, 3.63) is 35.5 Å². The molecule has 24 heavy (non-hydrogen) atoms. The molecule has 3 N–H and O–H groups in total. The van der Waals surface area contributed by atoms with Crippen LogP contribution in [0.25, 0.3) is 0 Å². The van der Waals surface area contributed by atoms with Crippen molar-refractivity contribution in [1.82, 2.24) is 25.5 Å². The van der Waals surface area contributed by atoms with Gasteiger partial charge in [0.2, 0.25) is 5.91 Å². The Balaban J connectivity index is 1.43. The lowest BCUT2D eigenvalue weighted by Crippen LogP contribution is -2.28. The number of fused-ring (bicyclic) bond motifs is 1. The van der Waals surface area contributed by atoms with Gasteiger partial charge in [0, 0.05) is 36.0 Å². The first-order chi connectivity index (χ1) is 11.8. The fraction of sp³-hybridized carbons (Fsp3) is 0.529. The minimum atomic E-state index is -0.417. The molecule has 2 aromatic heterocycles. The molecule has 4 rings (SSSR count). The maximum Gasteiger partial charge on any atom is 0.247 e. The number of anilines is 1. The van der Waals surface area contributed by atoms with E-state index in [0.29, 0.717) is 18.3 Å². The zero-order chi connectivity index (χ0) is 16.4. The molecule has 126 valence electrons. The van der Waals surface area contributed by atoms with Crippen LogP contribution < -0.4 is 10.6 Å². The van der Waals surface area contributed by atoms with Crippen molar-refractivity contribution < 1.29 is 4.79 Å². The first-order valence-corrected chi connectivity index (χ1v) is 8.69. The number of aromatic nitrogens is 4. The molecule has 0 aromatic carbocycles. The van der Waals surface area contributed by atoms with Crippen molar-refractivity contribution in [2.75, 3.05) is 5.32 Å². The van der Waals surface area contributed by atoms with Crippen LogP contribution in [0.4, 0.5) is 5.82 Å². The molecular formula is C17H22N6O. The van der Waals surface area contributed by atoms with Gasteiger partial charge in [-0.2, -0.15) is 5.10 Å². The third-order valence-corrected chi connectivity index (χ3v) is 5.02. The molecule has 1 aliphatic heterocycles. The second kappa shape index (κ2) is 6.68. The molecule has 1 amide bonds. The molecule has 0 bridgehead atoms. The fourth-order valence-electron chi connectivity index (χ4n) is 3.70. The summed E-state index contributed by atoms with van der Waals surface area (Å²) in [5, 5.41) is 13.5. The summed E-state index contributed by atoms with van der Waals surface area (Å²) < 4.78 is 0. The highest BCUT2D eigenvalue weighted by Crippen LogP contribution is 2.31. The molecular weight excluding hydrogens is 304 g/mol. The minimum absolute atomic E-state index is 0.123. The van der Waals surface area contributed by atoms with Gasteiger partial charge in [-0.3, -0.25) is 15.2 Å². The van der Waals surface area contributed by atoms with Gasteiger partial charge in [0.1, 0.15) is 12.4 Å². The van der Waals surface area contributed by atoms with Gasteiger partial charge >= 0.3 is 0 Å². The Bertz CT molecular complexity index is 719. The molecule has 1 fully saturated rings. The fourth-order valence-corrected chi connectivity index (χ4v) is 3.70. The molecule has 2 aliphatic rings. The largest absolute Gasteiger partial charge is 0.308 e. The Morgan fingerprint density at radius 1 is 1.21 bits per heavy atom. The number of nitrogens with zero attached hydrogens (tertiary/aromatic N) is 3. The summed E-state index contributed by atoms with van der Waals surface area (Å²) in [4.78, 5) is 20.7. The molecule has 1 unspecified atom stereocenters. The highest BCUT2D eigenvalue weighted by molar-refractivity contribution is 5.95. The lowest BCUT2D eigenvalue weighted by molar-refractivity contribution is -0.118. The maximum atomic E-state index is 12.5.